The van der Waals surface area contributed by atoms with E-state index in [4.69, 9.17) is 0 Å². The third kappa shape index (κ3) is 4.81. The molecule has 2 rings (SSSR count). The van der Waals surface area contributed by atoms with Gasteiger partial charge in [0.2, 0.25) is 0 Å². The second-order valence-corrected chi connectivity index (χ2v) is 8.51. The van der Waals surface area contributed by atoms with E-state index < -0.39 is 15.5 Å². The smallest absolute Gasteiger partial charge is 0.370 e. The Morgan fingerprint density at radius 1 is 1.28 bits per heavy atom. The van der Waals surface area contributed by atoms with Crippen molar-refractivity contribution in [3.8, 4) is 0 Å². The van der Waals surface area contributed by atoms with Crippen LogP contribution in [0, 0.1) is 12.8 Å². The van der Waals surface area contributed by atoms with E-state index in [0.717, 1.165) is 11.5 Å². The summed E-state index contributed by atoms with van der Waals surface area (Å²) >= 11 is 0. The molecule has 1 fully saturated rings. The van der Waals surface area contributed by atoms with Crippen molar-refractivity contribution in [3.05, 3.63) is 17.6 Å². The first kappa shape index (κ1) is 19.9. The molecule has 0 aromatic carbocycles. The molecule has 10 heteroatoms. The Bertz CT molecular complexity index is 699. The Balaban J connectivity index is 1.91. The summed E-state index contributed by atoms with van der Waals surface area (Å²) in [6.45, 7) is 6.17. The number of alkyl halides is 3. The Morgan fingerprint density at radius 2 is 1.88 bits per heavy atom. The lowest BCUT2D eigenvalue weighted by atomic mass is 9.98. The van der Waals surface area contributed by atoms with Crippen LogP contribution in [0.25, 0.3) is 0 Å². The highest BCUT2D eigenvalue weighted by atomic mass is 32.2. The van der Waals surface area contributed by atoms with E-state index in [9.17, 15) is 21.6 Å². The predicted molar refractivity (Wildman–Crippen MR) is 88.6 cm³/mol. The molecule has 1 aliphatic heterocycles. The molecule has 0 atom stereocenters. The fourth-order valence-corrected chi connectivity index (χ4v) is 3.67. The van der Waals surface area contributed by atoms with Crippen LogP contribution in [0.2, 0.25) is 0 Å². The summed E-state index contributed by atoms with van der Waals surface area (Å²) in [6.07, 6.45) is 0.757. The number of sulfonamides is 1. The Kier molecular flexibility index (Phi) is 5.93. The molecule has 142 valence electrons. The standard InChI is InChI=1S/C15H23F3N4O2S/c1-10(2)14-20-11(3)8-13(21-14)19-9-12-4-6-22(7-5-12)25(23,24)15(16,17)18/h8,10,12H,4-7,9H2,1-3H3,(H,19,20,21). The topological polar surface area (TPSA) is 75.2 Å². The van der Waals surface area contributed by atoms with Crippen LogP contribution >= 0.6 is 0 Å². The fourth-order valence-electron chi connectivity index (χ4n) is 2.69. The molecule has 1 saturated heterocycles. The minimum Gasteiger partial charge on any atom is -0.370 e. The van der Waals surface area contributed by atoms with Gasteiger partial charge in [-0.3, -0.25) is 0 Å². The Hall–Kier alpha value is -1.42. The zero-order valence-electron chi connectivity index (χ0n) is 14.5. The van der Waals surface area contributed by atoms with Gasteiger partial charge in [-0.05, 0) is 25.7 Å². The van der Waals surface area contributed by atoms with Gasteiger partial charge < -0.3 is 5.32 Å². The van der Waals surface area contributed by atoms with Crippen molar-refractivity contribution in [1.82, 2.24) is 14.3 Å². The summed E-state index contributed by atoms with van der Waals surface area (Å²) in [4.78, 5) is 8.78. The van der Waals surface area contributed by atoms with Gasteiger partial charge in [-0.1, -0.05) is 13.8 Å². The molecule has 6 nitrogen and oxygen atoms in total. The van der Waals surface area contributed by atoms with E-state index in [1.165, 1.54) is 0 Å². The SMILES string of the molecule is Cc1cc(NCC2CCN(S(=O)(=O)C(F)(F)F)CC2)nc(C(C)C)n1. The average Bonchev–Trinajstić information content (AvgIpc) is 2.51. The zero-order chi connectivity index (χ0) is 18.8. The van der Waals surface area contributed by atoms with Crippen molar-refractivity contribution >= 4 is 15.8 Å². The van der Waals surface area contributed by atoms with Crippen molar-refractivity contribution in [1.29, 1.82) is 0 Å². The molecule has 2 heterocycles. The van der Waals surface area contributed by atoms with Crippen LogP contribution in [0.1, 0.15) is 44.1 Å². The van der Waals surface area contributed by atoms with Gasteiger partial charge in [0.1, 0.15) is 11.6 Å². The maximum Gasteiger partial charge on any atom is 0.511 e. The molecule has 1 aliphatic rings. The van der Waals surface area contributed by atoms with Crippen molar-refractivity contribution in [2.45, 2.75) is 45.0 Å². The van der Waals surface area contributed by atoms with Crippen LogP contribution < -0.4 is 5.32 Å². The lowest BCUT2D eigenvalue weighted by molar-refractivity contribution is -0.0496. The van der Waals surface area contributed by atoms with Crippen LogP contribution in [0.5, 0.6) is 0 Å². The molecule has 1 aromatic heterocycles. The third-order valence-electron chi connectivity index (χ3n) is 4.17. The lowest BCUT2D eigenvalue weighted by Crippen LogP contribution is -2.45. The van der Waals surface area contributed by atoms with Gasteiger partial charge in [0.15, 0.2) is 0 Å². The largest absolute Gasteiger partial charge is 0.511 e. The Morgan fingerprint density at radius 3 is 2.40 bits per heavy atom. The highest BCUT2D eigenvalue weighted by molar-refractivity contribution is 7.90. The maximum absolute atomic E-state index is 12.6. The number of anilines is 1. The van der Waals surface area contributed by atoms with Gasteiger partial charge in [0, 0.05) is 37.3 Å². The first-order valence-electron chi connectivity index (χ1n) is 8.16. The number of rotatable bonds is 5. The number of hydrogen-bond acceptors (Lipinski definition) is 5. The molecule has 1 N–H and O–H groups in total. The van der Waals surface area contributed by atoms with Gasteiger partial charge in [-0.25, -0.2) is 18.4 Å². The quantitative estimate of drug-likeness (QED) is 0.850. The highest BCUT2D eigenvalue weighted by Crippen LogP contribution is 2.30. The molecule has 1 aromatic rings. The predicted octanol–water partition coefficient (Wildman–Crippen LogP) is 2.88. The number of aryl methyl sites for hydroxylation is 1. The van der Waals surface area contributed by atoms with Crippen LogP contribution in [0.15, 0.2) is 6.07 Å². The van der Waals surface area contributed by atoms with Crippen LogP contribution in [0.4, 0.5) is 19.0 Å². The van der Waals surface area contributed by atoms with E-state index in [-0.39, 0.29) is 24.9 Å². The Labute approximate surface area is 145 Å². The molecule has 0 saturated carbocycles. The molecule has 0 unspecified atom stereocenters. The minimum absolute atomic E-state index is 0.0949. The van der Waals surface area contributed by atoms with Crippen LogP contribution in [-0.2, 0) is 10.0 Å². The first-order valence-corrected chi connectivity index (χ1v) is 9.60. The van der Waals surface area contributed by atoms with Gasteiger partial charge in [0.05, 0.1) is 0 Å². The number of hydrogen-bond donors (Lipinski definition) is 1. The number of aromatic nitrogens is 2. The molecular formula is C15H23F3N4O2S. The average molecular weight is 380 g/mol. The van der Waals surface area contributed by atoms with Crippen LogP contribution in [0.3, 0.4) is 0 Å². The molecule has 0 aliphatic carbocycles. The van der Waals surface area contributed by atoms with Crippen molar-refractivity contribution in [2.75, 3.05) is 25.0 Å². The molecule has 25 heavy (non-hydrogen) atoms. The summed E-state index contributed by atoms with van der Waals surface area (Å²) in [7, 11) is -5.22. The summed E-state index contributed by atoms with van der Waals surface area (Å²) in [5.74, 6) is 1.70. The summed E-state index contributed by atoms with van der Waals surface area (Å²) in [6, 6.07) is 1.81. The molecule has 0 bridgehead atoms. The van der Waals surface area contributed by atoms with Gasteiger partial charge in [0.25, 0.3) is 0 Å². The number of nitrogens with one attached hydrogen (secondary N) is 1. The number of halogens is 3. The van der Waals surface area contributed by atoms with E-state index in [0.29, 0.717) is 29.5 Å². The molecule has 0 amide bonds. The lowest BCUT2D eigenvalue weighted by Gasteiger charge is -2.31. The number of piperidine rings is 1. The third-order valence-corrected chi connectivity index (χ3v) is 5.80. The first-order chi connectivity index (χ1) is 11.5. The van der Waals surface area contributed by atoms with E-state index >= 15 is 0 Å². The van der Waals surface area contributed by atoms with Crippen molar-refractivity contribution in [3.63, 3.8) is 0 Å². The monoisotopic (exact) mass is 380 g/mol. The van der Waals surface area contributed by atoms with E-state index in [1.807, 2.05) is 26.8 Å². The zero-order valence-corrected chi connectivity index (χ0v) is 15.3. The van der Waals surface area contributed by atoms with Crippen molar-refractivity contribution in [2.24, 2.45) is 5.92 Å². The summed E-state index contributed by atoms with van der Waals surface area (Å²) in [5.41, 5.74) is -4.39. The second kappa shape index (κ2) is 7.45. The highest BCUT2D eigenvalue weighted by Gasteiger charge is 2.50. The van der Waals surface area contributed by atoms with Crippen LogP contribution in [-0.4, -0.2) is 47.8 Å². The maximum atomic E-state index is 12.6. The van der Waals surface area contributed by atoms with Crippen molar-refractivity contribution < 1.29 is 21.6 Å². The second-order valence-electron chi connectivity index (χ2n) is 6.58. The van der Waals surface area contributed by atoms with Gasteiger partial charge >= 0.3 is 15.5 Å². The van der Waals surface area contributed by atoms with Gasteiger partial charge in [-0.15, -0.1) is 0 Å². The summed E-state index contributed by atoms with van der Waals surface area (Å²) in [5, 5.41) is 3.19. The fraction of sp³-hybridized carbons (Fsp3) is 0.733. The summed E-state index contributed by atoms with van der Waals surface area (Å²) < 4.78 is 61.0. The minimum atomic E-state index is -5.23. The van der Waals surface area contributed by atoms with E-state index in [1.54, 1.807) is 0 Å². The van der Waals surface area contributed by atoms with Gasteiger partial charge in [-0.2, -0.15) is 17.5 Å². The number of nitrogens with zero attached hydrogens (tertiary/aromatic N) is 3. The molecule has 0 spiro atoms. The van der Waals surface area contributed by atoms with E-state index in [2.05, 4.69) is 15.3 Å². The normalized spacial score (nSPS) is 17.9. The molecular weight excluding hydrogens is 357 g/mol. The molecule has 0 radical (unpaired) electrons.